The number of carbonyl (C=O) groups is 2. The van der Waals surface area contributed by atoms with Gasteiger partial charge in [-0.2, -0.15) is 23.4 Å². The molecule has 3 atom stereocenters. The van der Waals surface area contributed by atoms with Gasteiger partial charge in [0.15, 0.2) is 11.3 Å². The molecule has 2 amide bonds. The highest BCUT2D eigenvalue weighted by atomic mass is 19.4. The fourth-order valence-corrected chi connectivity index (χ4v) is 6.74. The molecule has 0 spiro atoms. The fraction of sp³-hybridized carbons (Fsp3) is 0.586. The van der Waals surface area contributed by atoms with Crippen LogP contribution in [-0.2, 0) is 17.8 Å². The van der Waals surface area contributed by atoms with Crippen molar-refractivity contribution < 1.29 is 36.2 Å². The van der Waals surface area contributed by atoms with E-state index in [4.69, 9.17) is 4.63 Å². The molecule has 2 aliphatic carbocycles. The molecular weight excluding hydrogens is 631 g/mol. The zero-order valence-corrected chi connectivity index (χ0v) is 25.2. The molecule has 7 rings (SSSR count). The number of alkyl halides is 5. The lowest BCUT2D eigenvalue weighted by molar-refractivity contribution is -0.155. The van der Waals surface area contributed by atoms with Crippen LogP contribution in [0.5, 0.6) is 0 Å². The molecule has 1 saturated heterocycles. The van der Waals surface area contributed by atoms with E-state index in [-0.39, 0.29) is 56.2 Å². The number of halogens is 5. The molecule has 3 fully saturated rings. The maximum Gasteiger partial charge on any atom is 0.408 e. The van der Waals surface area contributed by atoms with E-state index in [1.807, 2.05) is 0 Å². The molecule has 1 aliphatic heterocycles. The first-order chi connectivity index (χ1) is 22.3. The first kappa shape index (κ1) is 31.1. The minimum absolute atomic E-state index is 0.0442. The molecule has 0 radical (unpaired) electrons. The molecule has 5 heterocycles. The van der Waals surface area contributed by atoms with Gasteiger partial charge in [-0.05, 0) is 68.2 Å². The Bertz CT molecular complexity index is 1800. The van der Waals surface area contributed by atoms with Crippen LogP contribution >= 0.6 is 0 Å². The maximum atomic E-state index is 14.1. The van der Waals surface area contributed by atoms with Gasteiger partial charge in [-0.1, -0.05) is 5.16 Å². The molecule has 0 bridgehead atoms. The highest BCUT2D eigenvalue weighted by Crippen LogP contribution is 2.44. The monoisotopic (exact) mass is 662 g/mol. The number of carbonyl (C=O) groups excluding carboxylic acids is 2. The van der Waals surface area contributed by atoms with E-state index in [9.17, 15) is 31.5 Å². The van der Waals surface area contributed by atoms with Gasteiger partial charge in [-0.25, -0.2) is 32.6 Å². The zero-order valence-electron chi connectivity index (χ0n) is 25.2. The second-order valence-corrected chi connectivity index (χ2v) is 12.9. The van der Waals surface area contributed by atoms with E-state index in [1.54, 1.807) is 19.2 Å². The predicted octanol–water partition coefficient (Wildman–Crippen LogP) is 3.87. The third-order valence-corrected chi connectivity index (χ3v) is 9.51. The fourth-order valence-electron chi connectivity index (χ4n) is 6.74. The van der Waals surface area contributed by atoms with Crippen LogP contribution in [0.15, 0.2) is 29.4 Å². The van der Waals surface area contributed by atoms with Gasteiger partial charge >= 0.3 is 6.18 Å². The SMILES string of the molecule is Cc1ncnn1C[C@]1(Cc2cnn3cc([C@@H](NC(=O)c4nonc4C4CC4)C4CCC(F)(F)CC4)nc3c2)C[C@@H](C(F)(F)F)NC1=O. The van der Waals surface area contributed by atoms with Crippen molar-refractivity contribution in [2.75, 3.05) is 0 Å². The molecular formula is C29H31F5N10O3. The molecule has 2 saturated carbocycles. The summed E-state index contributed by atoms with van der Waals surface area (Å²) in [7, 11) is 0. The molecule has 250 valence electrons. The third kappa shape index (κ3) is 6.16. The van der Waals surface area contributed by atoms with Crippen LogP contribution < -0.4 is 10.6 Å². The molecule has 0 aromatic carbocycles. The Hall–Kier alpha value is -4.51. The van der Waals surface area contributed by atoms with Crippen LogP contribution in [-0.4, -0.2) is 69.6 Å². The van der Waals surface area contributed by atoms with Gasteiger partial charge in [0.2, 0.25) is 11.8 Å². The first-order valence-electron chi connectivity index (χ1n) is 15.4. The van der Waals surface area contributed by atoms with Crippen molar-refractivity contribution in [3.8, 4) is 0 Å². The Morgan fingerprint density at radius 3 is 2.60 bits per heavy atom. The van der Waals surface area contributed by atoms with Crippen molar-refractivity contribution in [1.29, 1.82) is 0 Å². The Morgan fingerprint density at radius 1 is 1.17 bits per heavy atom. The van der Waals surface area contributed by atoms with Crippen molar-refractivity contribution in [2.24, 2.45) is 11.3 Å². The summed E-state index contributed by atoms with van der Waals surface area (Å²) in [5.74, 6) is -3.96. The van der Waals surface area contributed by atoms with Gasteiger partial charge < -0.3 is 10.6 Å². The minimum atomic E-state index is -4.64. The first-order valence-corrected chi connectivity index (χ1v) is 15.4. The van der Waals surface area contributed by atoms with Crippen LogP contribution in [0, 0.1) is 18.3 Å². The van der Waals surface area contributed by atoms with Crippen LogP contribution in [0.3, 0.4) is 0 Å². The Labute approximate surface area is 263 Å². The number of aromatic nitrogens is 8. The number of aryl methyl sites for hydroxylation is 1. The zero-order chi connectivity index (χ0) is 33.1. The Balaban J connectivity index is 1.19. The van der Waals surface area contributed by atoms with E-state index in [2.05, 4.69) is 41.1 Å². The van der Waals surface area contributed by atoms with Crippen LogP contribution in [0.25, 0.3) is 5.65 Å². The van der Waals surface area contributed by atoms with Crippen LogP contribution in [0.1, 0.15) is 90.2 Å². The van der Waals surface area contributed by atoms with Gasteiger partial charge in [0.1, 0.15) is 23.9 Å². The lowest BCUT2D eigenvalue weighted by Gasteiger charge is -2.33. The average Bonchev–Trinajstić information content (AvgIpc) is 3.31. The third-order valence-electron chi connectivity index (χ3n) is 9.51. The summed E-state index contributed by atoms with van der Waals surface area (Å²) >= 11 is 0. The number of nitrogens with one attached hydrogen (secondary N) is 2. The lowest BCUT2D eigenvalue weighted by Crippen LogP contribution is -2.40. The number of hydrogen-bond donors (Lipinski definition) is 2. The molecule has 47 heavy (non-hydrogen) atoms. The molecule has 4 aromatic rings. The number of hydrogen-bond acceptors (Lipinski definition) is 9. The van der Waals surface area contributed by atoms with Crippen LogP contribution in [0.4, 0.5) is 22.0 Å². The number of nitrogens with zero attached hydrogens (tertiary/aromatic N) is 8. The topological polar surface area (TPSA) is 158 Å². The van der Waals surface area contributed by atoms with Gasteiger partial charge in [0.05, 0.1) is 36.1 Å². The molecule has 2 N–H and O–H groups in total. The lowest BCUT2D eigenvalue weighted by atomic mass is 9.79. The number of imidazole rings is 1. The van der Waals surface area contributed by atoms with E-state index in [0.717, 1.165) is 12.8 Å². The smallest absolute Gasteiger partial charge is 0.344 e. The quantitative estimate of drug-likeness (QED) is 0.254. The number of rotatable bonds is 9. The Morgan fingerprint density at radius 2 is 1.94 bits per heavy atom. The van der Waals surface area contributed by atoms with E-state index < -0.39 is 47.8 Å². The van der Waals surface area contributed by atoms with E-state index in [0.29, 0.717) is 28.4 Å². The van der Waals surface area contributed by atoms with E-state index in [1.165, 1.54) is 21.7 Å². The molecule has 4 aromatic heterocycles. The van der Waals surface area contributed by atoms with Gasteiger partial charge in [-0.15, -0.1) is 0 Å². The van der Waals surface area contributed by atoms with Gasteiger partial charge in [0, 0.05) is 18.8 Å². The standard InChI is InChI=1S/C29H31F5N10O3/c1-15-35-14-37-44(15)13-27(10-20(29(32,33)34)39-26(27)46)9-16-8-21-38-19(12-43(21)36-11-16)22(18-4-6-28(30,31)7-5-18)40-25(45)24-23(17-2-3-17)41-47-42-24/h8,11-12,14,17-18,20,22H,2-7,9-10,13H2,1H3,(H,39,46)(H,40,45)/t20-,22-,27-/m0/s1. The number of fused-ring (bicyclic) bond motifs is 1. The molecule has 13 nitrogen and oxygen atoms in total. The van der Waals surface area contributed by atoms with Crippen molar-refractivity contribution >= 4 is 17.5 Å². The summed E-state index contributed by atoms with van der Waals surface area (Å²) < 4.78 is 77.1. The summed E-state index contributed by atoms with van der Waals surface area (Å²) in [5.41, 5.74) is 0.108. The average molecular weight is 663 g/mol. The highest BCUT2D eigenvalue weighted by molar-refractivity contribution is 5.93. The predicted molar refractivity (Wildman–Crippen MR) is 150 cm³/mol. The maximum absolute atomic E-state index is 14.1. The van der Waals surface area contributed by atoms with Crippen molar-refractivity contribution in [2.45, 2.75) is 94.9 Å². The minimum Gasteiger partial charge on any atom is -0.344 e. The second-order valence-electron chi connectivity index (χ2n) is 12.9. The van der Waals surface area contributed by atoms with Crippen molar-refractivity contribution in [3.05, 3.63) is 53.3 Å². The summed E-state index contributed by atoms with van der Waals surface area (Å²) in [6.45, 7) is 1.51. The summed E-state index contributed by atoms with van der Waals surface area (Å²) in [6.07, 6.45) is 0.341. The van der Waals surface area contributed by atoms with Crippen molar-refractivity contribution in [3.63, 3.8) is 0 Å². The second kappa shape index (κ2) is 11.3. The highest BCUT2D eigenvalue weighted by Gasteiger charge is 2.56. The van der Waals surface area contributed by atoms with Crippen LogP contribution in [0.2, 0.25) is 0 Å². The molecule has 0 unspecified atom stereocenters. The summed E-state index contributed by atoms with van der Waals surface area (Å²) in [4.78, 5) is 35.3. The normalized spacial score (nSPS) is 24.0. The largest absolute Gasteiger partial charge is 0.408 e. The summed E-state index contributed by atoms with van der Waals surface area (Å²) in [5, 5.41) is 21.2. The van der Waals surface area contributed by atoms with Gasteiger partial charge in [-0.3, -0.25) is 9.59 Å². The van der Waals surface area contributed by atoms with E-state index >= 15 is 0 Å². The summed E-state index contributed by atoms with van der Waals surface area (Å²) in [6, 6.07) is -1.19. The number of amides is 2. The molecule has 18 heteroatoms. The Kier molecular flexibility index (Phi) is 7.50. The van der Waals surface area contributed by atoms with Crippen molar-refractivity contribution in [1.82, 2.24) is 50.3 Å². The molecule has 3 aliphatic rings. The van der Waals surface area contributed by atoms with Gasteiger partial charge in [0.25, 0.3) is 5.91 Å².